The molecule has 0 saturated carbocycles. The molecule has 0 aliphatic rings. The fourth-order valence-corrected chi connectivity index (χ4v) is 3.77. The van der Waals surface area contributed by atoms with Gasteiger partial charge in [-0.3, -0.25) is 14.9 Å². The van der Waals surface area contributed by atoms with Gasteiger partial charge in [0, 0.05) is 22.4 Å². The topological polar surface area (TPSA) is 93.2 Å². The first kappa shape index (κ1) is 21.2. The third-order valence-electron chi connectivity index (χ3n) is 4.65. The number of nitrogens with zero attached hydrogens (tertiary/aromatic N) is 2. The molecule has 8 heteroatoms. The maximum absolute atomic E-state index is 12.7. The van der Waals surface area contributed by atoms with E-state index in [0.717, 1.165) is 16.9 Å². The molecule has 0 radical (unpaired) electrons. The van der Waals surface area contributed by atoms with Crippen LogP contribution in [0.3, 0.4) is 0 Å². The molecular formula is C24H20N4O3S. The zero-order valence-corrected chi connectivity index (χ0v) is 18.3. The predicted molar refractivity (Wildman–Crippen MR) is 125 cm³/mol. The lowest BCUT2D eigenvalue weighted by Crippen LogP contribution is -2.14. The molecule has 2 amide bonds. The molecule has 1 heterocycles. The molecule has 0 unspecified atom stereocenters. The highest BCUT2D eigenvalue weighted by atomic mass is 32.1. The Morgan fingerprint density at radius 1 is 0.844 bits per heavy atom. The van der Waals surface area contributed by atoms with Crippen molar-refractivity contribution in [3.05, 3.63) is 89.5 Å². The van der Waals surface area contributed by atoms with Gasteiger partial charge in [-0.15, -0.1) is 10.2 Å². The molecule has 4 aromatic rings. The number of carbonyl (C=O) groups excluding carboxylic acids is 2. The quantitative estimate of drug-likeness (QED) is 0.435. The molecule has 0 saturated heterocycles. The first-order valence-electron chi connectivity index (χ1n) is 9.79. The molecule has 4 rings (SSSR count). The zero-order valence-electron chi connectivity index (χ0n) is 17.5. The van der Waals surface area contributed by atoms with E-state index in [4.69, 9.17) is 4.74 Å². The van der Waals surface area contributed by atoms with Gasteiger partial charge in [-0.05, 0) is 61.5 Å². The lowest BCUT2D eigenvalue weighted by Gasteiger charge is -2.08. The van der Waals surface area contributed by atoms with E-state index in [1.54, 1.807) is 37.4 Å². The molecule has 0 fully saturated rings. The third-order valence-corrected chi connectivity index (χ3v) is 5.53. The van der Waals surface area contributed by atoms with Crippen molar-refractivity contribution in [1.82, 2.24) is 10.2 Å². The SMILES string of the molecule is COc1ccc(-c2nnc(NC(=O)c3cccc(NC(=O)c4cccc(C)c4)c3)s2)cc1. The van der Waals surface area contributed by atoms with Crippen LogP contribution in [0.5, 0.6) is 5.75 Å². The maximum Gasteiger partial charge on any atom is 0.257 e. The lowest BCUT2D eigenvalue weighted by atomic mass is 10.1. The number of rotatable bonds is 6. The monoisotopic (exact) mass is 444 g/mol. The van der Waals surface area contributed by atoms with Crippen molar-refractivity contribution in [2.75, 3.05) is 17.7 Å². The fraction of sp³-hybridized carbons (Fsp3) is 0.0833. The predicted octanol–water partition coefficient (Wildman–Crippen LogP) is 5.03. The highest BCUT2D eigenvalue weighted by molar-refractivity contribution is 7.18. The second kappa shape index (κ2) is 9.40. The van der Waals surface area contributed by atoms with Crippen LogP contribution in [-0.4, -0.2) is 29.1 Å². The van der Waals surface area contributed by atoms with Crippen LogP contribution in [0.2, 0.25) is 0 Å². The molecule has 0 atom stereocenters. The normalized spacial score (nSPS) is 10.4. The molecule has 3 aromatic carbocycles. The molecule has 0 bridgehead atoms. The Bertz CT molecular complexity index is 1270. The Kier molecular flexibility index (Phi) is 6.23. The van der Waals surface area contributed by atoms with Gasteiger partial charge in [-0.25, -0.2) is 0 Å². The molecule has 7 nitrogen and oxygen atoms in total. The van der Waals surface area contributed by atoms with Crippen molar-refractivity contribution < 1.29 is 14.3 Å². The molecule has 1 aromatic heterocycles. The van der Waals surface area contributed by atoms with Gasteiger partial charge in [0.2, 0.25) is 5.13 Å². The Balaban J connectivity index is 1.44. The molecule has 2 N–H and O–H groups in total. The maximum atomic E-state index is 12.7. The first-order chi connectivity index (χ1) is 15.5. The van der Waals surface area contributed by atoms with Crippen LogP contribution in [0.25, 0.3) is 10.6 Å². The van der Waals surface area contributed by atoms with E-state index < -0.39 is 0 Å². The highest BCUT2D eigenvalue weighted by Gasteiger charge is 2.13. The van der Waals surface area contributed by atoms with E-state index in [2.05, 4.69) is 20.8 Å². The number of aryl methyl sites for hydroxylation is 1. The average Bonchev–Trinajstić information content (AvgIpc) is 3.27. The van der Waals surface area contributed by atoms with Crippen LogP contribution in [0.15, 0.2) is 72.8 Å². The van der Waals surface area contributed by atoms with Gasteiger partial charge in [0.15, 0.2) is 0 Å². The van der Waals surface area contributed by atoms with E-state index in [0.29, 0.717) is 27.0 Å². The number of nitrogens with one attached hydrogen (secondary N) is 2. The number of carbonyl (C=O) groups is 2. The summed E-state index contributed by atoms with van der Waals surface area (Å²) in [5.41, 5.74) is 3.36. The van der Waals surface area contributed by atoms with Gasteiger partial charge in [0.05, 0.1) is 7.11 Å². The summed E-state index contributed by atoms with van der Waals surface area (Å²) in [6, 6.07) is 21.5. The van der Waals surface area contributed by atoms with Crippen molar-refractivity contribution in [3.63, 3.8) is 0 Å². The largest absolute Gasteiger partial charge is 0.497 e. The van der Waals surface area contributed by atoms with Crippen LogP contribution in [0.4, 0.5) is 10.8 Å². The summed E-state index contributed by atoms with van der Waals surface area (Å²) in [7, 11) is 1.61. The Labute approximate surface area is 189 Å². The Hall–Kier alpha value is -4.04. The summed E-state index contributed by atoms with van der Waals surface area (Å²) in [5, 5.41) is 14.8. The molecule has 0 spiro atoms. The number of ether oxygens (including phenoxy) is 1. The highest BCUT2D eigenvalue weighted by Crippen LogP contribution is 2.28. The van der Waals surface area contributed by atoms with Crippen molar-refractivity contribution in [1.29, 1.82) is 0 Å². The summed E-state index contributed by atoms with van der Waals surface area (Å²) in [5.74, 6) is 0.176. The van der Waals surface area contributed by atoms with Crippen LogP contribution in [0.1, 0.15) is 26.3 Å². The number of anilines is 2. The van der Waals surface area contributed by atoms with E-state index in [-0.39, 0.29) is 11.8 Å². The number of aromatic nitrogens is 2. The van der Waals surface area contributed by atoms with E-state index in [1.807, 2.05) is 49.4 Å². The molecular weight excluding hydrogens is 424 g/mol. The molecule has 160 valence electrons. The number of benzene rings is 3. The summed E-state index contributed by atoms with van der Waals surface area (Å²) in [4.78, 5) is 25.2. The third kappa shape index (κ3) is 4.98. The smallest absolute Gasteiger partial charge is 0.257 e. The van der Waals surface area contributed by atoms with Crippen molar-refractivity contribution >= 4 is 34.0 Å². The van der Waals surface area contributed by atoms with Crippen molar-refractivity contribution in [3.8, 4) is 16.3 Å². The lowest BCUT2D eigenvalue weighted by molar-refractivity contribution is 0.101. The fourth-order valence-electron chi connectivity index (χ4n) is 3.02. The van der Waals surface area contributed by atoms with Gasteiger partial charge in [-0.2, -0.15) is 0 Å². The van der Waals surface area contributed by atoms with Crippen LogP contribution in [0, 0.1) is 6.92 Å². The Morgan fingerprint density at radius 3 is 2.25 bits per heavy atom. The second-order valence-electron chi connectivity index (χ2n) is 7.00. The van der Waals surface area contributed by atoms with Gasteiger partial charge in [0.1, 0.15) is 10.8 Å². The molecule has 0 aliphatic carbocycles. The zero-order chi connectivity index (χ0) is 22.5. The minimum atomic E-state index is -0.339. The number of hydrogen-bond acceptors (Lipinski definition) is 6. The molecule has 32 heavy (non-hydrogen) atoms. The number of methoxy groups -OCH3 is 1. The summed E-state index contributed by atoms with van der Waals surface area (Å²) in [6.07, 6.45) is 0. The summed E-state index contributed by atoms with van der Waals surface area (Å²) in [6.45, 7) is 1.93. The number of hydrogen-bond donors (Lipinski definition) is 2. The second-order valence-corrected chi connectivity index (χ2v) is 7.98. The van der Waals surface area contributed by atoms with Crippen molar-refractivity contribution in [2.45, 2.75) is 6.92 Å². The van der Waals surface area contributed by atoms with E-state index >= 15 is 0 Å². The molecule has 0 aliphatic heterocycles. The van der Waals surface area contributed by atoms with Crippen LogP contribution < -0.4 is 15.4 Å². The van der Waals surface area contributed by atoms with Crippen LogP contribution in [-0.2, 0) is 0 Å². The van der Waals surface area contributed by atoms with Gasteiger partial charge < -0.3 is 10.1 Å². The minimum Gasteiger partial charge on any atom is -0.497 e. The van der Waals surface area contributed by atoms with Crippen LogP contribution >= 0.6 is 11.3 Å². The summed E-state index contributed by atoms with van der Waals surface area (Å²) < 4.78 is 5.16. The first-order valence-corrected chi connectivity index (χ1v) is 10.6. The Morgan fingerprint density at radius 2 is 1.53 bits per heavy atom. The van der Waals surface area contributed by atoms with Gasteiger partial charge >= 0.3 is 0 Å². The van der Waals surface area contributed by atoms with E-state index in [9.17, 15) is 9.59 Å². The van der Waals surface area contributed by atoms with Crippen molar-refractivity contribution in [2.24, 2.45) is 0 Å². The summed E-state index contributed by atoms with van der Waals surface area (Å²) >= 11 is 1.27. The minimum absolute atomic E-state index is 0.237. The van der Waals surface area contributed by atoms with Gasteiger partial charge in [0.25, 0.3) is 11.8 Å². The average molecular weight is 445 g/mol. The van der Waals surface area contributed by atoms with E-state index in [1.165, 1.54) is 11.3 Å². The number of amides is 2. The standard InChI is InChI=1S/C24H20N4O3S/c1-15-5-3-6-17(13-15)21(29)25-19-8-4-7-18(14-19)22(30)26-24-28-27-23(32-24)16-9-11-20(31-2)12-10-16/h3-14H,1-2H3,(H,25,29)(H,26,28,30). The van der Waals surface area contributed by atoms with Gasteiger partial charge in [-0.1, -0.05) is 35.1 Å².